The van der Waals surface area contributed by atoms with E-state index in [9.17, 15) is 9.90 Å². The molecule has 0 bridgehead atoms. The van der Waals surface area contributed by atoms with Crippen molar-refractivity contribution < 1.29 is 20.1 Å². The lowest BCUT2D eigenvalue weighted by atomic mass is 9.47. The minimum atomic E-state index is -1.08. The Morgan fingerprint density at radius 2 is 1.71 bits per heavy atom. The van der Waals surface area contributed by atoms with Crippen LogP contribution >= 0.6 is 0 Å². The van der Waals surface area contributed by atoms with E-state index in [-0.39, 0.29) is 6.10 Å². The molecule has 5 nitrogen and oxygen atoms in total. The molecule has 0 spiro atoms. The summed E-state index contributed by atoms with van der Waals surface area (Å²) in [6, 6.07) is -0.972. The van der Waals surface area contributed by atoms with E-state index in [1.807, 2.05) is 0 Å². The molecule has 220 valence electrons. The predicted molar refractivity (Wildman–Crippen MR) is 156 cm³/mol. The maximum Gasteiger partial charge on any atom is 0.320 e. The van der Waals surface area contributed by atoms with Crippen molar-refractivity contribution in [1.82, 2.24) is 0 Å². The zero-order chi connectivity index (χ0) is 28.4. The summed E-state index contributed by atoms with van der Waals surface area (Å²) in [5, 5.41) is 27.5. The quantitative estimate of drug-likeness (QED) is 0.257. The van der Waals surface area contributed by atoms with Crippen molar-refractivity contribution in [2.24, 2.45) is 58.0 Å². The molecule has 4 rings (SSSR count). The largest absolute Gasteiger partial charge is 0.480 e. The summed E-state index contributed by atoms with van der Waals surface area (Å²) >= 11 is 0. The first-order chi connectivity index (χ1) is 17.7. The average molecular weight is 534 g/mol. The van der Waals surface area contributed by atoms with Crippen LogP contribution in [0, 0.1) is 52.3 Å². The van der Waals surface area contributed by atoms with Gasteiger partial charge in [-0.2, -0.15) is 0 Å². The molecule has 0 amide bonds. The number of allylic oxidation sites excluding steroid dienone is 1. The highest BCUT2D eigenvalue weighted by Crippen LogP contribution is 2.67. The van der Waals surface area contributed by atoms with Crippen molar-refractivity contribution in [2.45, 2.75) is 137 Å². The lowest BCUT2D eigenvalue weighted by molar-refractivity contribution is -0.140. The Bertz CT molecular complexity index is 824. The smallest absolute Gasteiger partial charge is 0.320 e. The van der Waals surface area contributed by atoms with Crippen LogP contribution in [-0.4, -0.2) is 39.5 Å². The van der Waals surface area contributed by atoms with Gasteiger partial charge in [-0.3, -0.25) is 4.79 Å². The number of nitrogens with two attached hydrogens (primary N) is 1. The van der Waals surface area contributed by atoms with Gasteiger partial charge in [0.2, 0.25) is 0 Å². The van der Waals surface area contributed by atoms with Crippen molar-refractivity contribution in [3.63, 3.8) is 0 Å². The molecule has 0 aliphatic heterocycles. The maximum absolute atomic E-state index is 10.2. The summed E-state index contributed by atoms with van der Waals surface area (Å²) in [5.41, 5.74) is 7.80. The van der Waals surface area contributed by atoms with Crippen molar-refractivity contribution in [1.29, 1.82) is 0 Å². The molecule has 3 saturated carbocycles. The van der Waals surface area contributed by atoms with Gasteiger partial charge in [0.05, 0.1) is 12.2 Å². The molecule has 0 heterocycles. The van der Waals surface area contributed by atoms with Crippen LogP contribution in [0.4, 0.5) is 0 Å². The first kappa shape index (κ1) is 31.6. The van der Waals surface area contributed by atoms with Gasteiger partial charge in [-0.25, -0.2) is 0 Å². The first-order valence-corrected chi connectivity index (χ1v) is 15.8. The first-order valence-electron chi connectivity index (χ1n) is 15.8. The van der Waals surface area contributed by atoms with Crippen LogP contribution in [0.15, 0.2) is 11.6 Å². The minimum Gasteiger partial charge on any atom is -0.480 e. The molecule has 0 aromatic carbocycles. The molecule has 3 fully saturated rings. The van der Waals surface area contributed by atoms with E-state index in [2.05, 4.69) is 40.7 Å². The van der Waals surface area contributed by atoms with E-state index in [4.69, 9.17) is 15.9 Å². The third-order valence-electron chi connectivity index (χ3n) is 11.9. The fourth-order valence-corrected chi connectivity index (χ4v) is 9.19. The molecule has 4 aliphatic rings. The monoisotopic (exact) mass is 533 g/mol. The lowest BCUT2D eigenvalue weighted by Crippen LogP contribution is -2.50. The standard InChI is InChI=1S/C27H46O.C6H13NO3/c1-18(2)7-6-8-19(3)23-11-12-24-22-10-9-20-17-21(28)13-15-26(20,4)25(22)14-16-27(23,24)5;1-3(4(2)8)5(7)6(9)10/h9,18-19,21-25,28H,6-8,10-17H2,1-5H3;3-5,8H,7H2,1-2H3,(H,9,10)/t19-,21+,22+,23-,24+,25+,26+,27-;/m1./s1. The maximum atomic E-state index is 10.2. The average Bonchev–Trinajstić information content (AvgIpc) is 3.20. The number of aliphatic hydroxyl groups excluding tert-OH is 2. The van der Waals surface area contributed by atoms with Crippen LogP contribution in [0.5, 0.6) is 0 Å². The number of fused-ring (bicyclic) bond motifs is 5. The van der Waals surface area contributed by atoms with E-state index in [1.165, 1.54) is 64.7 Å². The van der Waals surface area contributed by atoms with Crippen LogP contribution in [0.25, 0.3) is 0 Å². The van der Waals surface area contributed by atoms with Crippen LogP contribution in [-0.2, 0) is 4.79 Å². The summed E-state index contributed by atoms with van der Waals surface area (Å²) in [6.07, 6.45) is 16.5. The van der Waals surface area contributed by atoms with Crippen LogP contribution < -0.4 is 5.73 Å². The predicted octanol–water partition coefficient (Wildman–Crippen LogP) is 6.80. The highest BCUT2D eigenvalue weighted by Gasteiger charge is 2.59. The number of hydrogen-bond acceptors (Lipinski definition) is 4. The molecule has 4 aliphatic carbocycles. The summed E-state index contributed by atoms with van der Waals surface area (Å²) in [4.78, 5) is 10.2. The molecular weight excluding hydrogens is 474 g/mol. The Hall–Kier alpha value is -0.910. The van der Waals surface area contributed by atoms with Crippen molar-refractivity contribution in [3.05, 3.63) is 11.6 Å². The topological polar surface area (TPSA) is 104 Å². The number of carboxylic acid groups (broad SMARTS) is 1. The van der Waals surface area contributed by atoms with E-state index >= 15 is 0 Å². The van der Waals surface area contributed by atoms with Crippen molar-refractivity contribution in [2.75, 3.05) is 0 Å². The highest BCUT2D eigenvalue weighted by molar-refractivity contribution is 5.73. The SMILES string of the molecule is CC(C)CCC[C@@H](C)[C@H]1CC[C@H]2[C@@H]3CC=C4C[C@@H](O)CC[C@]4(C)[C@H]3CC[C@]12C.CC(O)C(C)C(N)C(=O)O. The number of carbonyl (C=O) groups is 1. The van der Waals surface area contributed by atoms with Crippen LogP contribution in [0.1, 0.15) is 119 Å². The van der Waals surface area contributed by atoms with E-state index < -0.39 is 24.0 Å². The normalized spacial score (nSPS) is 39.4. The molecular formula is C33H59NO4. The molecule has 5 N–H and O–H groups in total. The molecule has 11 atom stereocenters. The van der Waals surface area contributed by atoms with Gasteiger partial charge in [0, 0.05) is 5.92 Å². The van der Waals surface area contributed by atoms with Gasteiger partial charge in [-0.05, 0) is 105 Å². The summed E-state index contributed by atoms with van der Waals surface area (Å²) in [6.45, 7) is 15.7. The highest BCUT2D eigenvalue weighted by atomic mass is 16.4. The number of carboxylic acids is 1. The van der Waals surface area contributed by atoms with Crippen LogP contribution in [0.3, 0.4) is 0 Å². The number of rotatable bonds is 8. The fraction of sp³-hybridized carbons (Fsp3) is 0.909. The molecule has 0 aromatic heterocycles. The molecule has 3 unspecified atom stereocenters. The second-order valence-corrected chi connectivity index (χ2v) is 14.7. The lowest BCUT2D eigenvalue weighted by Gasteiger charge is -2.58. The Morgan fingerprint density at radius 3 is 2.29 bits per heavy atom. The van der Waals surface area contributed by atoms with Gasteiger partial charge >= 0.3 is 5.97 Å². The Kier molecular flexibility index (Phi) is 10.6. The second-order valence-electron chi connectivity index (χ2n) is 14.7. The molecule has 0 radical (unpaired) electrons. The number of aliphatic hydroxyl groups is 2. The van der Waals surface area contributed by atoms with Crippen LogP contribution in [0.2, 0.25) is 0 Å². The fourth-order valence-electron chi connectivity index (χ4n) is 9.19. The minimum absolute atomic E-state index is 0.0766. The Morgan fingerprint density at radius 1 is 1.03 bits per heavy atom. The number of hydrogen-bond donors (Lipinski definition) is 4. The van der Waals surface area contributed by atoms with Crippen molar-refractivity contribution >= 4 is 5.97 Å². The zero-order valence-electron chi connectivity index (χ0n) is 25.5. The second kappa shape index (κ2) is 12.7. The summed E-state index contributed by atoms with van der Waals surface area (Å²) < 4.78 is 0. The zero-order valence-corrected chi connectivity index (χ0v) is 25.5. The van der Waals surface area contributed by atoms with E-state index in [0.29, 0.717) is 10.8 Å². The molecule has 38 heavy (non-hydrogen) atoms. The molecule has 0 saturated heterocycles. The van der Waals surface area contributed by atoms with Gasteiger partial charge in [0.15, 0.2) is 0 Å². The van der Waals surface area contributed by atoms with E-state index in [0.717, 1.165) is 48.3 Å². The summed E-state index contributed by atoms with van der Waals surface area (Å²) in [7, 11) is 0. The number of aliphatic carboxylic acids is 1. The molecule has 5 heteroatoms. The van der Waals surface area contributed by atoms with Gasteiger partial charge in [0.25, 0.3) is 0 Å². The van der Waals surface area contributed by atoms with Gasteiger partial charge in [-0.1, -0.05) is 72.5 Å². The Balaban J connectivity index is 0.000000342. The third kappa shape index (κ3) is 6.52. The van der Waals surface area contributed by atoms with Gasteiger partial charge < -0.3 is 21.1 Å². The van der Waals surface area contributed by atoms with Gasteiger partial charge in [-0.15, -0.1) is 0 Å². The third-order valence-corrected chi connectivity index (χ3v) is 11.9. The Labute approximate surface area is 233 Å². The van der Waals surface area contributed by atoms with Gasteiger partial charge in [0.1, 0.15) is 6.04 Å². The van der Waals surface area contributed by atoms with Crippen molar-refractivity contribution in [3.8, 4) is 0 Å². The molecule has 0 aromatic rings. The summed E-state index contributed by atoms with van der Waals surface area (Å²) in [5.74, 6) is 3.98. The van der Waals surface area contributed by atoms with E-state index in [1.54, 1.807) is 12.5 Å².